The summed E-state index contributed by atoms with van der Waals surface area (Å²) < 4.78 is 2.09. The van der Waals surface area contributed by atoms with Gasteiger partial charge in [0.05, 0.1) is 11.6 Å². The lowest BCUT2D eigenvalue weighted by Gasteiger charge is -2.05. The van der Waals surface area contributed by atoms with Crippen LogP contribution < -0.4 is 0 Å². The molecular formula is C16H10N4. The number of benzene rings is 1. The lowest BCUT2D eigenvalue weighted by Crippen LogP contribution is -1.98. The Morgan fingerprint density at radius 2 is 1.95 bits per heavy atom. The molecule has 0 saturated heterocycles. The van der Waals surface area contributed by atoms with E-state index in [2.05, 4.69) is 15.6 Å². The summed E-state index contributed by atoms with van der Waals surface area (Å²) in [5.41, 5.74) is 3.18. The second kappa shape index (κ2) is 4.87. The molecule has 4 nitrogen and oxygen atoms in total. The molecule has 0 aliphatic carbocycles. The molecule has 0 aliphatic rings. The van der Waals surface area contributed by atoms with Crippen LogP contribution in [0.4, 0.5) is 0 Å². The largest absolute Gasteiger partial charge is 0.343 e. The van der Waals surface area contributed by atoms with Crippen molar-refractivity contribution in [1.82, 2.24) is 9.55 Å². The third-order valence-corrected chi connectivity index (χ3v) is 3.19. The van der Waals surface area contributed by atoms with Gasteiger partial charge in [-0.1, -0.05) is 0 Å². The van der Waals surface area contributed by atoms with Gasteiger partial charge >= 0.3 is 0 Å². The SMILES string of the molecule is N#Cc1ccc2c(ccn2Cc2ccnc(C#N)c2)c1. The highest BCUT2D eigenvalue weighted by Gasteiger charge is 2.04. The van der Waals surface area contributed by atoms with Gasteiger partial charge in [0.1, 0.15) is 11.8 Å². The van der Waals surface area contributed by atoms with Gasteiger partial charge in [0.2, 0.25) is 0 Å². The number of rotatable bonds is 2. The molecule has 0 N–H and O–H groups in total. The predicted octanol–water partition coefficient (Wildman–Crippen LogP) is 2.83. The van der Waals surface area contributed by atoms with E-state index in [0.717, 1.165) is 16.5 Å². The maximum Gasteiger partial charge on any atom is 0.140 e. The molecule has 0 amide bonds. The first-order valence-electron chi connectivity index (χ1n) is 6.14. The summed E-state index contributed by atoms with van der Waals surface area (Å²) in [6, 6.07) is 15.5. The average molecular weight is 258 g/mol. The molecule has 0 fully saturated rings. The Balaban J connectivity index is 1.99. The fourth-order valence-corrected chi connectivity index (χ4v) is 2.24. The van der Waals surface area contributed by atoms with Crippen LogP contribution in [-0.2, 0) is 6.54 Å². The van der Waals surface area contributed by atoms with Crippen LogP contribution in [0.1, 0.15) is 16.8 Å². The summed E-state index contributed by atoms with van der Waals surface area (Å²) in [6.45, 7) is 0.673. The minimum atomic E-state index is 0.422. The van der Waals surface area contributed by atoms with Crippen molar-refractivity contribution in [3.8, 4) is 12.1 Å². The van der Waals surface area contributed by atoms with Gasteiger partial charge in [-0.3, -0.25) is 0 Å². The fraction of sp³-hybridized carbons (Fsp3) is 0.0625. The third kappa shape index (κ3) is 2.11. The number of hydrogen-bond acceptors (Lipinski definition) is 3. The average Bonchev–Trinajstić information content (AvgIpc) is 2.89. The molecule has 0 bridgehead atoms. The summed E-state index contributed by atoms with van der Waals surface area (Å²) in [4.78, 5) is 3.97. The number of hydrogen-bond donors (Lipinski definition) is 0. The highest BCUT2D eigenvalue weighted by Crippen LogP contribution is 2.18. The quantitative estimate of drug-likeness (QED) is 0.709. The molecule has 3 aromatic rings. The summed E-state index contributed by atoms with van der Waals surface area (Å²) in [5, 5.41) is 18.8. The second-order valence-electron chi connectivity index (χ2n) is 4.49. The first-order valence-corrected chi connectivity index (χ1v) is 6.14. The van der Waals surface area contributed by atoms with Crippen LogP contribution in [0, 0.1) is 22.7 Å². The van der Waals surface area contributed by atoms with Gasteiger partial charge in [0.15, 0.2) is 0 Å². The molecule has 20 heavy (non-hydrogen) atoms. The van der Waals surface area contributed by atoms with Gasteiger partial charge in [-0.15, -0.1) is 0 Å². The zero-order chi connectivity index (χ0) is 13.9. The van der Waals surface area contributed by atoms with Crippen LogP contribution in [0.25, 0.3) is 10.9 Å². The minimum absolute atomic E-state index is 0.422. The lowest BCUT2D eigenvalue weighted by atomic mass is 10.2. The highest BCUT2D eigenvalue weighted by molar-refractivity contribution is 5.81. The first-order chi connectivity index (χ1) is 9.80. The van der Waals surface area contributed by atoms with E-state index < -0.39 is 0 Å². The summed E-state index contributed by atoms with van der Waals surface area (Å²) >= 11 is 0. The van der Waals surface area contributed by atoms with Crippen LogP contribution in [-0.4, -0.2) is 9.55 Å². The van der Waals surface area contributed by atoms with Crippen molar-refractivity contribution in [3.63, 3.8) is 0 Å². The van der Waals surface area contributed by atoms with E-state index in [4.69, 9.17) is 10.5 Å². The molecule has 2 aromatic heterocycles. The van der Waals surface area contributed by atoms with E-state index in [9.17, 15) is 0 Å². The summed E-state index contributed by atoms with van der Waals surface area (Å²) in [6.07, 6.45) is 3.63. The number of nitrogens with zero attached hydrogens (tertiary/aromatic N) is 4. The molecular weight excluding hydrogens is 248 g/mol. The van der Waals surface area contributed by atoms with Crippen molar-refractivity contribution in [1.29, 1.82) is 10.5 Å². The van der Waals surface area contributed by atoms with Crippen LogP contribution in [0.3, 0.4) is 0 Å². The van der Waals surface area contributed by atoms with Gasteiger partial charge in [-0.05, 0) is 42.0 Å². The van der Waals surface area contributed by atoms with Gasteiger partial charge in [0.25, 0.3) is 0 Å². The molecule has 0 atom stereocenters. The van der Waals surface area contributed by atoms with Crippen LogP contribution in [0.5, 0.6) is 0 Å². The Morgan fingerprint density at radius 1 is 1.05 bits per heavy atom. The number of aromatic nitrogens is 2. The standard InChI is InChI=1S/C16H10N4/c17-9-12-1-2-16-14(7-12)4-6-20(16)11-13-3-5-19-15(8-13)10-18/h1-8H,11H2. The van der Waals surface area contributed by atoms with Gasteiger partial charge in [-0.2, -0.15) is 10.5 Å². The minimum Gasteiger partial charge on any atom is -0.343 e. The zero-order valence-electron chi connectivity index (χ0n) is 10.6. The summed E-state index contributed by atoms with van der Waals surface area (Å²) in [7, 11) is 0. The van der Waals surface area contributed by atoms with E-state index in [1.807, 2.05) is 42.6 Å². The van der Waals surface area contributed by atoms with Gasteiger partial charge in [-0.25, -0.2) is 4.98 Å². The predicted molar refractivity (Wildman–Crippen MR) is 74.7 cm³/mol. The zero-order valence-corrected chi connectivity index (χ0v) is 10.6. The van der Waals surface area contributed by atoms with Crippen molar-refractivity contribution >= 4 is 10.9 Å². The van der Waals surface area contributed by atoms with E-state index in [0.29, 0.717) is 17.8 Å². The van der Waals surface area contributed by atoms with E-state index in [1.54, 1.807) is 12.3 Å². The Labute approximate surface area is 116 Å². The number of fused-ring (bicyclic) bond motifs is 1. The third-order valence-electron chi connectivity index (χ3n) is 3.19. The van der Waals surface area contributed by atoms with E-state index in [-0.39, 0.29) is 0 Å². The molecule has 2 heterocycles. The van der Waals surface area contributed by atoms with Crippen molar-refractivity contribution < 1.29 is 0 Å². The molecule has 0 unspecified atom stereocenters. The van der Waals surface area contributed by atoms with Crippen molar-refractivity contribution in [2.75, 3.05) is 0 Å². The molecule has 3 rings (SSSR count). The smallest absolute Gasteiger partial charge is 0.140 e. The van der Waals surface area contributed by atoms with Crippen LogP contribution in [0.2, 0.25) is 0 Å². The van der Waals surface area contributed by atoms with Crippen LogP contribution >= 0.6 is 0 Å². The Hall–Kier alpha value is -3.11. The van der Waals surface area contributed by atoms with Crippen molar-refractivity contribution in [3.05, 3.63) is 65.6 Å². The highest BCUT2D eigenvalue weighted by atomic mass is 14.9. The summed E-state index contributed by atoms with van der Waals surface area (Å²) in [5.74, 6) is 0. The topological polar surface area (TPSA) is 65.4 Å². The Kier molecular flexibility index (Phi) is 2.91. The first kappa shape index (κ1) is 12.0. The molecule has 0 aliphatic heterocycles. The molecule has 0 radical (unpaired) electrons. The maximum absolute atomic E-state index is 8.90. The molecule has 0 spiro atoms. The van der Waals surface area contributed by atoms with Gasteiger partial charge in [0, 0.05) is 29.8 Å². The number of pyridine rings is 1. The molecule has 4 heteroatoms. The molecule has 1 aromatic carbocycles. The number of nitriles is 2. The van der Waals surface area contributed by atoms with Crippen molar-refractivity contribution in [2.45, 2.75) is 6.54 Å². The van der Waals surface area contributed by atoms with Crippen molar-refractivity contribution in [2.24, 2.45) is 0 Å². The fourth-order valence-electron chi connectivity index (χ4n) is 2.24. The van der Waals surface area contributed by atoms with Crippen LogP contribution in [0.15, 0.2) is 48.8 Å². The normalized spacial score (nSPS) is 10.1. The second-order valence-corrected chi connectivity index (χ2v) is 4.49. The Bertz CT molecular complexity index is 862. The van der Waals surface area contributed by atoms with E-state index in [1.165, 1.54) is 0 Å². The maximum atomic E-state index is 8.90. The molecule has 94 valence electrons. The van der Waals surface area contributed by atoms with Gasteiger partial charge < -0.3 is 4.57 Å². The molecule has 0 saturated carbocycles. The lowest BCUT2D eigenvalue weighted by molar-refractivity contribution is 0.834. The Morgan fingerprint density at radius 3 is 2.75 bits per heavy atom. The van der Waals surface area contributed by atoms with E-state index >= 15 is 0 Å². The monoisotopic (exact) mass is 258 g/mol.